The molecule has 0 aromatic heterocycles. The van der Waals surface area contributed by atoms with Gasteiger partial charge in [-0.2, -0.15) is 0 Å². The first-order valence-corrected chi connectivity index (χ1v) is 10.4. The molecule has 0 spiro atoms. The molecule has 0 saturated heterocycles. The number of hydrogen-bond donors (Lipinski definition) is 1. The van der Waals surface area contributed by atoms with Gasteiger partial charge < -0.3 is 5.32 Å². The van der Waals surface area contributed by atoms with Crippen molar-refractivity contribution in [2.24, 2.45) is 0 Å². The zero-order valence-corrected chi connectivity index (χ0v) is 16.7. The van der Waals surface area contributed by atoms with Crippen molar-refractivity contribution < 1.29 is 4.79 Å². The fourth-order valence-corrected chi connectivity index (χ4v) is 4.42. The third kappa shape index (κ3) is 4.48. The maximum absolute atomic E-state index is 12.9. The lowest BCUT2D eigenvalue weighted by atomic mass is 9.79. The standard InChI is InChI=1S/C27H27NO/c29-26(28-21-27(18-10-11-19-27)24-16-8-3-9-17-24)20-25(22-12-4-1-5-13-22)23-14-6-2-7-15-23/h1-9,12-17,20H,10-11,18-19,21H2,(H,28,29). The summed E-state index contributed by atoms with van der Waals surface area (Å²) in [6, 6.07) is 30.9. The van der Waals surface area contributed by atoms with Crippen molar-refractivity contribution in [3.8, 4) is 0 Å². The number of rotatable bonds is 6. The van der Waals surface area contributed by atoms with E-state index in [1.807, 2.05) is 36.4 Å². The molecule has 0 heterocycles. The smallest absolute Gasteiger partial charge is 0.244 e. The summed E-state index contributed by atoms with van der Waals surface area (Å²) in [5.41, 5.74) is 4.45. The first kappa shape index (κ1) is 19.2. The van der Waals surface area contributed by atoms with E-state index in [1.165, 1.54) is 18.4 Å². The summed E-state index contributed by atoms with van der Waals surface area (Å²) in [7, 11) is 0. The van der Waals surface area contributed by atoms with E-state index in [4.69, 9.17) is 0 Å². The second kappa shape index (κ2) is 8.91. The van der Waals surface area contributed by atoms with E-state index in [2.05, 4.69) is 59.9 Å². The van der Waals surface area contributed by atoms with Crippen LogP contribution in [0.3, 0.4) is 0 Å². The van der Waals surface area contributed by atoms with E-state index < -0.39 is 0 Å². The molecule has 0 unspecified atom stereocenters. The van der Waals surface area contributed by atoms with Gasteiger partial charge in [-0.15, -0.1) is 0 Å². The van der Waals surface area contributed by atoms with Gasteiger partial charge in [-0.05, 0) is 35.1 Å². The Kier molecular flexibility index (Phi) is 5.90. The number of carbonyl (C=O) groups excluding carboxylic acids is 1. The number of nitrogens with one attached hydrogen (secondary N) is 1. The summed E-state index contributed by atoms with van der Waals surface area (Å²) in [5, 5.41) is 3.22. The molecule has 0 atom stereocenters. The predicted octanol–water partition coefficient (Wildman–Crippen LogP) is 5.75. The fraction of sp³-hybridized carbons (Fsp3) is 0.222. The molecule has 0 aliphatic heterocycles. The first-order valence-electron chi connectivity index (χ1n) is 10.4. The van der Waals surface area contributed by atoms with E-state index in [0.717, 1.165) is 29.5 Å². The topological polar surface area (TPSA) is 29.1 Å². The Balaban J connectivity index is 1.57. The lowest BCUT2D eigenvalue weighted by Gasteiger charge is -2.30. The Morgan fingerprint density at radius 1 is 0.759 bits per heavy atom. The molecule has 3 aromatic carbocycles. The Morgan fingerprint density at radius 2 is 1.24 bits per heavy atom. The van der Waals surface area contributed by atoms with Gasteiger partial charge in [-0.25, -0.2) is 0 Å². The summed E-state index contributed by atoms with van der Waals surface area (Å²) < 4.78 is 0. The van der Waals surface area contributed by atoms with Crippen molar-refractivity contribution >= 4 is 11.5 Å². The maximum atomic E-state index is 12.9. The second-order valence-corrected chi connectivity index (χ2v) is 7.86. The summed E-state index contributed by atoms with van der Waals surface area (Å²) in [5.74, 6) is -0.0325. The van der Waals surface area contributed by atoms with Gasteiger partial charge in [0, 0.05) is 18.0 Å². The molecule has 0 radical (unpaired) electrons. The van der Waals surface area contributed by atoms with Crippen LogP contribution < -0.4 is 5.32 Å². The van der Waals surface area contributed by atoms with Crippen LogP contribution >= 0.6 is 0 Å². The monoisotopic (exact) mass is 381 g/mol. The second-order valence-electron chi connectivity index (χ2n) is 7.86. The van der Waals surface area contributed by atoms with Crippen LogP contribution in [0.4, 0.5) is 0 Å². The van der Waals surface area contributed by atoms with Crippen molar-refractivity contribution in [3.63, 3.8) is 0 Å². The van der Waals surface area contributed by atoms with Crippen LogP contribution in [0.5, 0.6) is 0 Å². The summed E-state index contributed by atoms with van der Waals surface area (Å²) in [6.45, 7) is 0.684. The van der Waals surface area contributed by atoms with Crippen molar-refractivity contribution in [1.29, 1.82) is 0 Å². The molecule has 146 valence electrons. The van der Waals surface area contributed by atoms with Crippen molar-refractivity contribution in [3.05, 3.63) is 114 Å². The van der Waals surface area contributed by atoms with Crippen LogP contribution in [0.2, 0.25) is 0 Å². The largest absolute Gasteiger partial charge is 0.352 e. The Bertz CT molecular complexity index is 914. The molecular formula is C27H27NO. The van der Waals surface area contributed by atoms with E-state index >= 15 is 0 Å². The minimum Gasteiger partial charge on any atom is -0.352 e. The number of benzene rings is 3. The Morgan fingerprint density at radius 3 is 1.76 bits per heavy atom. The van der Waals surface area contributed by atoms with Gasteiger partial charge in [0.2, 0.25) is 5.91 Å². The zero-order chi connectivity index (χ0) is 19.9. The zero-order valence-electron chi connectivity index (χ0n) is 16.7. The van der Waals surface area contributed by atoms with Gasteiger partial charge in [0.15, 0.2) is 0 Å². The molecule has 1 N–H and O–H groups in total. The average Bonchev–Trinajstić information content (AvgIpc) is 3.28. The van der Waals surface area contributed by atoms with Crippen LogP contribution in [0.1, 0.15) is 42.4 Å². The molecule has 1 amide bonds. The molecule has 2 heteroatoms. The summed E-state index contributed by atoms with van der Waals surface area (Å²) in [4.78, 5) is 12.9. The average molecular weight is 382 g/mol. The minimum atomic E-state index is -0.0325. The van der Waals surface area contributed by atoms with E-state index in [-0.39, 0.29) is 11.3 Å². The SMILES string of the molecule is O=C(C=C(c1ccccc1)c1ccccc1)NCC1(c2ccccc2)CCCC1. The molecule has 1 aliphatic rings. The van der Waals surface area contributed by atoms with Gasteiger partial charge in [0.25, 0.3) is 0 Å². The maximum Gasteiger partial charge on any atom is 0.244 e. The molecular weight excluding hydrogens is 354 g/mol. The molecule has 0 bridgehead atoms. The molecule has 29 heavy (non-hydrogen) atoms. The molecule has 3 aromatic rings. The highest BCUT2D eigenvalue weighted by molar-refractivity contribution is 5.99. The lowest BCUT2D eigenvalue weighted by Crippen LogP contribution is -2.38. The van der Waals surface area contributed by atoms with Gasteiger partial charge in [-0.3, -0.25) is 4.79 Å². The van der Waals surface area contributed by atoms with Crippen LogP contribution in [-0.2, 0) is 10.2 Å². The molecule has 1 aliphatic carbocycles. The number of carbonyl (C=O) groups is 1. The van der Waals surface area contributed by atoms with Gasteiger partial charge in [0.1, 0.15) is 0 Å². The van der Waals surface area contributed by atoms with E-state index in [0.29, 0.717) is 6.54 Å². The molecule has 2 nitrogen and oxygen atoms in total. The van der Waals surface area contributed by atoms with Crippen LogP contribution in [0, 0.1) is 0 Å². The lowest BCUT2D eigenvalue weighted by molar-refractivity contribution is -0.116. The van der Waals surface area contributed by atoms with E-state index in [1.54, 1.807) is 6.08 Å². The molecule has 1 fully saturated rings. The van der Waals surface area contributed by atoms with Crippen LogP contribution in [0.15, 0.2) is 97.1 Å². The van der Waals surface area contributed by atoms with Crippen molar-refractivity contribution in [2.45, 2.75) is 31.1 Å². The third-order valence-corrected chi connectivity index (χ3v) is 5.99. The van der Waals surface area contributed by atoms with Crippen LogP contribution in [-0.4, -0.2) is 12.5 Å². The predicted molar refractivity (Wildman–Crippen MR) is 120 cm³/mol. The summed E-state index contributed by atoms with van der Waals surface area (Å²) in [6.07, 6.45) is 6.45. The normalized spacial score (nSPS) is 14.9. The highest BCUT2D eigenvalue weighted by Gasteiger charge is 2.35. The Hall–Kier alpha value is -3.13. The number of amides is 1. The molecule has 1 saturated carbocycles. The fourth-order valence-electron chi connectivity index (χ4n) is 4.42. The minimum absolute atomic E-state index is 0.0325. The molecule has 4 rings (SSSR count). The van der Waals surface area contributed by atoms with Gasteiger partial charge >= 0.3 is 0 Å². The highest BCUT2D eigenvalue weighted by atomic mass is 16.1. The first-order chi connectivity index (χ1) is 14.3. The summed E-state index contributed by atoms with van der Waals surface area (Å²) >= 11 is 0. The van der Waals surface area contributed by atoms with Gasteiger partial charge in [-0.1, -0.05) is 104 Å². The van der Waals surface area contributed by atoms with E-state index in [9.17, 15) is 4.79 Å². The van der Waals surface area contributed by atoms with Gasteiger partial charge in [0.05, 0.1) is 0 Å². The number of hydrogen-bond acceptors (Lipinski definition) is 1. The van der Waals surface area contributed by atoms with Crippen LogP contribution in [0.25, 0.3) is 5.57 Å². The highest BCUT2D eigenvalue weighted by Crippen LogP contribution is 2.40. The third-order valence-electron chi connectivity index (χ3n) is 5.99. The Labute approximate surface area is 173 Å². The van der Waals surface area contributed by atoms with Crippen molar-refractivity contribution in [1.82, 2.24) is 5.32 Å². The van der Waals surface area contributed by atoms with Crippen molar-refractivity contribution in [2.75, 3.05) is 6.54 Å². The quantitative estimate of drug-likeness (QED) is 0.542.